The zero-order chi connectivity index (χ0) is 17.4. The van der Waals surface area contributed by atoms with Crippen LogP contribution in [0.25, 0.3) is 0 Å². The SMILES string of the molecule is COc1cc(SC#N)c(OC)cc1NC(=O)OCc1ccccc1. The van der Waals surface area contributed by atoms with Gasteiger partial charge in [0.25, 0.3) is 0 Å². The molecule has 0 radical (unpaired) electrons. The molecule has 1 amide bonds. The van der Waals surface area contributed by atoms with E-state index >= 15 is 0 Å². The lowest BCUT2D eigenvalue weighted by atomic mass is 10.2. The van der Waals surface area contributed by atoms with Crippen LogP contribution < -0.4 is 14.8 Å². The summed E-state index contributed by atoms with van der Waals surface area (Å²) in [7, 11) is 2.96. The van der Waals surface area contributed by atoms with Gasteiger partial charge in [-0.2, -0.15) is 5.26 Å². The molecule has 0 fully saturated rings. The van der Waals surface area contributed by atoms with Gasteiger partial charge in [0, 0.05) is 12.1 Å². The molecule has 24 heavy (non-hydrogen) atoms. The molecule has 2 aromatic rings. The molecule has 0 unspecified atom stereocenters. The van der Waals surface area contributed by atoms with E-state index in [1.807, 2.05) is 35.7 Å². The maximum atomic E-state index is 12.0. The molecule has 0 aliphatic carbocycles. The lowest BCUT2D eigenvalue weighted by molar-refractivity contribution is 0.155. The minimum Gasteiger partial charge on any atom is -0.495 e. The number of rotatable bonds is 6. The van der Waals surface area contributed by atoms with Crippen molar-refractivity contribution < 1.29 is 19.0 Å². The van der Waals surface area contributed by atoms with E-state index < -0.39 is 6.09 Å². The summed E-state index contributed by atoms with van der Waals surface area (Å²) in [5.41, 5.74) is 1.28. The number of amides is 1. The monoisotopic (exact) mass is 344 g/mol. The maximum absolute atomic E-state index is 12.0. The number of hydrogen-bond acceptors (Lipinski definition) is 6. The fourth-order valence-electron chi connectivity index (χ4n) is 1.97. The van der Waals surface area contributed by atoms with Crippen LogP contribution in [0.2, 0.25) is 0 Å². The largest absolute Gasteiger partial charge is 0.495 e. The van der Waals surface area contributed by atoms with Crippen LogP contribution in [0.1, 0.15) is 5.56 Å². The number of ether oxygens (including phenoxy) is 3. The molecule has 1 N–H and O–H groups in total. The third-order valence-electron chi connectivity index (χ3n) is 3.09. The van der Waals surface area contributed by atoms with Crippen LogP contribution in [0.4, 0.5) is 10.5 Å². The second kappa shape index (κ2) is 8.70. The number of carbonyl (C=O) groups is 1. The number of nitrogens with zero attached hydrogens (tertiary/aromatic N) is 1. The Morgan fingerprint density at radius 1 is 1.17 bits per heavy atom. The fourth-order valence-corrected chi connectivity index (χ4v) is 2.47. The van der Waals surface area contributed by atoms with E-state index in [0.717, 1.165) is 17.3 Å². The first-order chi connectivity index (χ1) is 11.7. The molecular formula is C17H16N2O4S. The van der Waals surface area contributed by atoms with Gasteiger partial charge >= 0.3 is 6.09 Å². The van der Waals surface area contributed by atoms with Gasteiger partial charge in [-0.15, -0.1) is 0 Å². The summed E-state index contributed by atoms with van der Waals surface area (Å²) in [5, 5.41) is 13.4. The molecule has 0 saturated carbocycles. The highest BCUT2D eigenvalue weighted by atomic mass is 32.2. The lowest BCUT2D eigenvalue weighted by Gasteiger charge is -2.14. The van der Waals surface area contributed by atoms with Crippen LogP contribution in [0.15, 0.2) is 47.4 Å². The minimum absolute atomic E-state index is 0.161. The van der Waals surface area contributed by atoms with Crippen molar-refractivity contribution in [2.24, 2.45) is 0 Å². The summed E-state index contributed by atoms with van der Waals surface area (Å²) < 4.78 is 15.7. The molecule has 2 rings (SSSR count). The zero-order valence-electron chi connectivity index (χ0n) is 13.2. The van der Waals surface area contributed by atoms with Gasteiger partial charge in [0.2, 0.25) is 0 Å². The molecule has 124 valence electrons. The van der Waals surface area contributed by atoms with Gasteiger partial charge in [-0.25, -0.2) is 4.79 Å². The Labute approximate surface area is 144 Å². The molecule has 6 nitrogen and oxygen atoms in total. The van der Waals surface area contributed by atoms with E-state index in [1.165, 1.54) is 14.2 Å². The van der Waals surface area contributed by atoms with Crippen molar-refractivity contribution in [1.29, 1.82) is 5.26 Å². The highest BCUT2D eigenvalue weighted by molar-refractivity contribution is 8.03. The zero-order valence-corrected chi connectivity index (χ0v) is 14.1. The smallest absolute Gasteiger partial charge is 0.412 e. The van der Waals surface area contributed by atoms with Crippen molar-refractivity contribution >= 4 is 23.5 Å². The highest BCUT2D eigenvalue weighted by Crippen LogP contribution is 2.38. The van der Waals surface area contributed by atoms with Gasteiger partial charge in [0.1, 0.15) is 23.5 Å². The Balaban J connectivity index is 2.10. The third kappa shape index (κ3) is 4.57. The molecule has 0 spiro atoms. The molecule has 0 aliphatic rings. The molecular weight excluding hydrogens is 328 g/mol. The van der Waals surface area contributed by atoms with Crippen molar-refractivity contribution in [3.8, 4) is 16.9 Å². The van der Waals surface area contributed by atoms with Crippen LogP contribution in [-0.4, -0.2) is 20.3 Å². The van der Waals surface area contributed by atoms with E-state index in [1.54, 1.807) is 12.1 Å². The number of anilines is 1. The Bertz CT molecular complexity index is 744. The van der Waals surface area contributed by atoms with E-state index in [0.29, 0.717) is 22.1 Å². The second-order valence-electron chi connectivity index (χ2n) is 4.58. The fraction of sp³-hybridized carbons (Fsp3) is 0.176. The average Bonchev–Trinajstić information content (AvgIpc) is 2.62. The number of benzene rings is 2. The van der Waals surface area contributed by atoms with Gasteiger partial charge in [-0.05, 0) is 17.3 Å². The van der Waals surface area contributed by atoms with E-state index in [9.17, 15) is 4.79 Å². The number of thioether (sulfide) groups is 1. The quantitative estimate of drug-likeness (QED) is 0.629. The number of carbonyl (C=O) groups excluding carboxylic acids is 1. The molecule has 0 heterocycles. The first kappa shape index (κ1) is 17.5. The Hall–Kier alpha value is -2.85. The van der Waals surface area contributed by atoms with Crippen molar-refractivity contribution in [2.75, 3.05) is 19.5 Å². The second-order valence-corrected chi connectivity index (χ2v) is 5.41. The number of thiocyanates is 1. The summed E-state index contributed by atoms with van der Waals surface area (Å²) in [5.74, 6) is 0.867. The van der Waals surface area contributed by atoms with E-state index in [2.05, 4.69) is 5.32 Å². The first-order valence-corrected chi connectivity index (χ1v) is 7.79. The molecule has 0 aliphatic heterocycles. The summed E-state index contributed by atoms with van der Waals surface area (Å²) in [4.78, 5) is 12.6. The van der Waals surface area contributed by atoms with Crippen LogP contribution >= 0.6 is 11.8 Å². The van der Waals surface area contributed by atoms with Crippen LogP contribution in [-0.2, 0) is 11.3 Å². The first-order valence-electron chi connectivity index (χ1n) is 6.97. The molecule has 2 aromatic carbocycles. The molecule has 0 bridgehead atoms. The lowest BCUT2D eigenvalue weighted by Crippen LogP contribution is -2.14. The van der Waals surface area contributed by atoms with Gasteiger partial charge < -0.3 is 14.2 Å². The predicted molar refractivity (Wildman–Crippen MR) is 91.3 cm³/mol. The van der Waals surface area contributed by atoms with Crippen LogP contribution in [0, 0.1) is 10.7 Å². The number of nitrogens with one attached hydrogen (secondary N) is 1. The van der Waals surface area contributed by atoms with Crippen LogP contribution in [0.5, 0.6) is 11.5 Å². The normalized spacial score (nSPS) is 9.71. The van der Waals surface area contributed by atoms with E-state index in [4.69, 9.17) is 19.5 Å². The summed E-state index contributed by atoms with van der Waals surface area (Å²) in [6.07, 6.45) is -0.611. The van der Waals surface area contributed by atoms with Gasteiger partial charge in [0.15, 0.2) is 0 Å². The standard InChI is InChI=1S/C17H16N2O4S/c1-21-14-9-16(24-11-18)15(22-2)8-13(14)19-17(20)23-10-12-6-4-3-5-7-12/h3-9H,10H2,1-2H3,(H,19,20). The molecule has 7 heteroatoms. The van der Waals surface area contributed by atoms with Crippen molar-refractivity contribution in [3.05, 3.63) is 48.0 Å². The Morgan fingerprint density at radius 2 is 1.88 bits per heavy atom. The molecule has 0 aromatic heterocycles. The highest BCUT2D eigenvalue weighted by Gasteiger charge is 2.14. The summed E-state index contributed by atoms with van der Waals surface area (Å²) in [6.45, 7) is 0.161. The number of methoxy groups -OCH3 is 2. The van der Waals surface area contributed by atoms with Gasteiger partial charge in [-0.3, -0.25) is 5.32 Å². The van der Waals surface area contributed by atoms with Gasteiger partial charge in [0.05, 0.1) is 24.8 Å². The van der Waals surface area contributed by atoms with Crippen molar-refractivity contribution in [3.63, 3.8) is 0 Å². The topological polar surface area (TPSA) is 80.6 Å². The van der Waals surface area contributed by atoms with Crippen molar-refractivity contribution in [1.82, 2.24) is 0 Å². The number of hydrogen-bond donors (Lipinski definition) is 1. The Morgan fingerprint density at radius 3 is 2.50 bits per heavy atom. The van der Waals surface area contributed by atoms with E-state index in [-0.39, 0.29) is 6.61 Å². The van der Waals surface area contributed by atoms with Crippen molar-refractivity contribution in [2.45, 2.75) is 11.5 Å². The summed E-state index contributed by atoms with van der Waals surface area (Å²) >= 11 is 0.948. The maximum Gasteiger partial charge on any atom is 0.412 e. The molecule has 0 atom stereocenters. The third-order valence-corrected chi connectivity index (χ3v) is 3.72. The van der Waals surface area contributed by atoms with Crippen LogP contribution in [0.3, 0.4) is 0 Å². The molecule has 0 saturated heterocycles. The minimum atomic E-state index is -0.611. The number of nitriles is 1. The Kier molecular flexibility index (Phi) is 6.34. The average molecular weight is 344 g/mol. The summed E-state index contributed by atoms with van der Waals surface area (Å²) in [6, 6.07) is 12.6. The van der Waals surface area contributed by atoms with Gasteiger partial charge in [-0.1, -0.05) is 30.3 Å². The predicted octanol–water partition coefficient (Wildman–Crippen LogP) is 4.03.